The molecule has 0 aromatic heterocycles. The van der Waals surface area contributed by atoms with Crippen LogP contribution in [0.4, 0.5) is 0 Å². The predicted molar refractivity (Wildman–Crippen MR) is 148 cm³/mol. The summed E-state index contributed by atoms with van der Waals surface area (Å²) >= 11 is 6.74. The first-order chi connectivity index (χ1) is 17.9. The van der Waals surface area contributed by atoms with Crippen LogP contribution in [0.1, 0.15) is 51.2 Å². The molecule has 0 aliphatic carbocycles. The standard InChI is InChI=1S/C26H31Br2NO8S/c1-6-36-25(31)23(26(32)37-7-2)29-22(30)11-8-16-12-19(27)24(20(28)13-16)38(33,34)17-9-10-21(35-5)18(14-17)15(3)4/h9-10,12-15,23H,6-8,11H2,1-5H3,(H,29,30). The van der Waals surface area contributed by atoms with E-state index < -0.39 is 33.7 Å². The minimum atomic E-state index is -3.91. The van der Waals surface area contributed by atoms with Gasteiger partial charge in [-0.25, -0.2) is 18.0 Å². The van der Waals surface area contributed by atoms with Crippen LogP contribution in [-0.2, 0) is 40.1 Å². The highest BCUT2D eigenvalue weighted by Gasteiger charge is 2.31. The van der Waals surface area contributed by atoms with Crippen LogP contribution in [0.3, 0.4) is 0 Å². The molecule has 2 rings (SSSR count). The molecule has 2 aromatic carbocycles. The van der Waals surface area contributed by atoms with Crippen LogP contribution in [0.2, 0.25) is 0 Å². The van der Waals surface area contributed by atoms with Gasteiger partial charge in [-0.05, 0) is 99.5 Å². The molecule has 9 nitrogen and oxygen atoms in total. The van der Waals surface area contributed by atoms with Crippen LogP contribution < -0.4 is 10.1 Å². The first-order valence-electron chi connectivity index (χ1n) is 11.9. The highest BCUT2D eigenvalue weighted by atomic mass is 79.9. The lowest BCUT2D eigenvalue weighted by atomic mass is 10.0. The van der Waals surface area contributed by atoms with Crippen molar-refractivity contribution in [2.24, 2.45) is 0 Å². The van der Waals surface area contributed by atoms with Crippen molar-refractivity contribution in [2.45, 2.75) is 62.3 Å². The van der Waals surface area contributed by atoms with Gasteiger partial charge < -0.3 is 19.5 Å². The minimum Gasteiger partial charge on any atom is -0.496 e. The second-order valence-corrected chi connectivity index (χ2v) is 12.1. The van der Waals surface area contributed by atoms with E-state index in [0.29, 0.717) is 20.3 Å². The van der Waals surface area contributed by atoms with E-state index in [9.17, 15) is 22.8 Å². The van der Waals surface area contributed by atoms with Gasteiger partial charge in [-0.3, -0.25) is 4.79 Å². The summed E-state index contributed by atoms with van der Waals surface area (Å²) < 4.78 is 42.8. The van der Waals surface area contributed by atoms with Gasteiger partial charge >= 0.3 is 11.9 Å². The number of benzene rings is 2. The Morgan fingerprint density at radius 1 is 0.947 bits per heavy atom. The van der Waals surface area contributed by atoms with E-state index in [2.05, 4.69) is 37.2 Å². The summed E-state index contributed by atoms with van der Waals surface area (Å²) in [6.45, 7) is 7.15. The quantitative estimate of drug-likeness (QED) is 0.253. The van der Waals surface area contributed by atoms with Crippen LogP contribution >= 0.6 is 31.9 Å². The number of ether oxygens (including phenoxy) is 3. The number of halogens is 2. The first kappa shape index (κ1) is 31.8. The van der Waals surface area contributed by atoms with Crippen molar-refractivity contribution in [3.63, 3.8) is 0 Å². The molecule has 0 radical (unpaired) electrons. The molecule has 0 heterocycles. The molecule has 0 saturated heterocycles. The predicted octanol–water partition coefficient (Wildman–Crippen LogP) is 4.72. The number of aryl methyl sites for hydroxylation is 1. The third-order valence-corrected chi connectivity index (χ3v) is 9.08. The number of sulfone groups is 1. The number of carbonyl (C=O) groups is 3. The molecular formula is C26H31Br2NO8S. The van der Waals surface area contributed by atoms with Crippen LogP contribution in [0.15, 0.2) is 49.1 Å². The van der Waals surface area contributed by atoms with Gasteiger partial charge in [-0.15, -0.1) is 0 Å². The van der Waals surface area contributed by atoms with E-state index >= 15 is 0 Å². The Labute approximate surface area is 239 Å². The van der Waals surface area contributed by atoms with Gasteiger partial charge in [0.2, 0.25) is 21.8 Å². The average molecular weight is 677 g/mol. The van der Waals surface area contributed by atoms with Gasteiger partial charge in [0.1, 0.15) is 10.6 Å². The highest BCUT2D eigenvalue weighted by molar-refractivity contribution is 9.11. The number of nitrogens with one attached hydrogen (secondary N) is 1. The van der Waals surface area contributed by atoms with Gasteiger partial charge in [-0.2, -0.15) is 0 Å². The summed E-state index contributed by atoms with van der Waals surface area (Å²) in [5, 5.41) is 2.35. The Hall–Kier alpha value is -2.44. The van der Waals surface area contributed by atoms with Crippen molar-refractivity contribution in [3.8, 4) is 5.75 Å². The normalized spacial score (nSPS) is 11.4. The van der Waals surface area contributed by atoms with Gasteiger partial charge in [-0.1, -0.05) is 13.8 Å². The SMILES string of the molecule is CCOC(=O)C(NC(=O)CCc1cc(Br)c(S(=O)(=O)c2ccc(OC)c(C(C)C)c2)c(Br)c1)C(=O)OCC. The average Bonchev–Trinajstić information content (AvgIpc) is 2.85. The molecule has 0 fully saturated rings. The van der Waals surface area contributed by atoms with Crippen molar-refractivity contribution in [1.82, 2.24) is 5.32 Å². The number of esters is 2. The number of hydrogen-bond donors (Lipinski definition) is 1. The Kier molecular flexibility index (Phi) is 11.8. The molecule has 0 aliphatic heterocycles. The molecule has 1 amide bonds. The number of rotatable bonds is 12. The molecule has 12 heteroatoms. The molecule has 0 spiro atoms. The third-order valence-electron chi connectivity index (χ3n) is 5.45. The molecule has 1 N–H and O–H groups in total. The lowest BCUT2D eigenvalue weighted by Gasteiger charge is -2.16. The smallest absolute Gasteiger partial charge is 0.340 e. The largest absolute Gasteiger partial charge is 0.496 e. The van der Waals surface area contributed by atoms with Crippen molar-refractivity contribution in [2.75, 3.05) is 20.3 Å². The van der Waals surface area contributed by atoms with E-state index in [-0.39, 0.29) is 41.8 Å². The summed E-state index contributed by atoms with van der Waals surface area (Å²) in [4.78, 5) is 36.9. The van der Waals surface area contributed by atoms with E-state index in [1.807, 2.05) is 13.8 Å². The second kappa shape index (κ2) is 14.1. The molecule has 2 aromatic rings. The molecule has 0 bridgehead atoms. The second-order valence-electron chi connectivity index (χ2n) is 8.46. The van der Waals surface area contributed by atoms with Gasteiger partial charge in [0, 0.05) is 15.4 Å². The van der Waals surface area contributed by atoms with E-state index in [0.717, 1.165) is 5.56 Å². The summed E-state index contributed by atoms with van der Waals surface area (Å²) in [5.74, 6) is -1.72. The van der Waals surface area contributed by atoms with E-state index in [4.69, 9.17) is 14.2 Å². The van der Waals surface area contributed by atoms with Crippen LogP contribution in [0.5, 0.6) is 5.75 Å². The fourth-order valence-corrected chi connectivity index (χ4v) is 7.57. The lowest BCUT2D eigenvalue weighted by molar-refractivity contribution is -0.159. The topological polar surface area (TPSA) is 125 Å². The Balaban J connectivity index is 2.25. The summed E-state index contributed by atoms with van der Waals surface area (Å²) in [6.07, 6.45) is 0.137. The van der Waals surface area contributed by atoms with Crippen LogP contribution in [-0.4, -0.2) is 52.6 Å². The van der Waals surface area contributed by atoms with E-state index in [1.165, 1.54) is 13.2 Å². The third kappa shape index (κ3) is 7.79. The maximum atomic E-state index is 13.5. The summed E-state index contributed by atoms with van der Waals surface area (Å²) in [6, 6.07) is 6.42. The number of hydrogen-bond acceptors (Lipinski definition) is 8. The molecule has 0 aliphatic rings. The molecule has 0 unspecified atom stereocenters. The van der Waals surface area contributed by atoms with Crippen molar-refractivity contribution in [3.05, 3.63) is 50.4 Å². The van der Waals surface area contributed by atoms with Crippen molar-refractivity contribution >= 4 is 59.5 Å². The molecule has 0 saturated carbocycles. The Morgan fingerprint density at radius 2 is 1.50 bits per heavy atom. The molecule has 0 atom stereocenters. The molecule has 208 valence electrons. The number of amides is 1. The molecular weight excluding hydrogens is 646 g/mol. The zero-order chi connectivity index (χ0) is 28.6. The number of methoxy groups -OCH3 is 1. The minimum absolute atomic E-state index is 0.0389. The zero-order valence-corrected chi connectivity index (χ0v) is 25.8. The van der Waals surface area contributed by atoms with Crippen molar-refractivity contribution in [1.29, 1.82) is 0 Å². The van der Waals surface area contributed by atoms with Crippen LogP contribution in [0.25, 0.3) is 0 Å². The maximum absolute atomic E-state index is 13.5. The van der Waals surface area contributed by atoms with E-state index in [1.54, 1.807) is 38.1 Å². The Bertz CT molecular complexity index is 1250. The maximum Gasteiger partial charge on any atom is 0.340 e. The first-order valence-corrected chi connectivity index (χ1v) is 15.0. The molecule has 38 heavy (non-hydrogen) atoms. The number of carbonyl (C=O) groups excluding carboxylic acids is 3. The summed E-state index contributed by atoms with van der Waals surface area (Å²) in [7, 11) is -2.37. The van der Waals surface area contributed by atoms with Gasteiger partial charge in [0.25, 0.3) is 0 Å². The fourth-order valence-electron chi connectivity index (χ4n) is 3.62. The fraction of sp³-hybridized carbons (Fsp3) is 0.423. The Morgan fingerprint density at radius 3 is 1.97 bits per heavy atom. The van der Waals surface area contributed by atoms with Gasteiger partial charge in [0.05, 0.1) is 25.2 Å². The highest BCUT2D eigenvalue weighted by Crippen LogP contribution is 2.38. The van der Waals surface area contributed by atoms with Crippen molar-refractivity contribution < 1.29 is 37.0 Å². The zero-order valence-electron chi connectivity index (χ0n) is 21.8. The van der Waals surface area contributed by atoms with Gasteiger partial charge in [0.15, 0.2) is 0 Å². The van der Waals surface area contributed by atoms with Crippen LogP contribution in [0, 0.1) is 0 Å². The monoisotopic (exact) mass is 675 g/mol. The lowest BCUT2D eigenvalue weighted by Crippen LogP contribution is -2.48. The summed E-state index contributed by atoms with van der Waals surface area (Å²) in [5.41, 5.74) is 1.42.